The number of fused-ring (bicyclic) bond motifs is 1. The molecule has 0 bridgehead atoms. The number of nitrogens with zero attached hydrogens (tertiary/aromatic N) is 6. The minimum Gasteiger partial charge on any atom is -0.368 e. The van der Waals surface area contributed by atoms with Crippen LogP contribution in [0.4, 0.5) is 17.3 Å². The maximum atomic E-state index is 6.23. The van der Waals surface area contributed by atoms with Gasteiger partial charge < -0.3 is 20.0 Å². The third kappa shape index (κ3) is 3.47. The van der Waals surface area contributed by atoms with E-state index < -0.39 is 0 Å². The Bertz CT molecular complexity index is 1000. The average molecular weight is 413 g/mol. The zero-order valence-electron chi connectivity index (χ0n) is 16.5. The van der Waals surface area contributed by atoms with Crippen LogP contribution in [0.15, 0.2) is 24.5 Å². The van der Waals surface area contributed by atoms with Gasteiger partial charge in [0, 0.05) is 63.1 Å². The van der Waals surface area contributed by atoms with Gasteiger partial charge >= 0.3 is 0 Å². The van der Waals surface area contributed by atoms with Gasteiger partial charge in [0.25, 0.3) is 0 Å². The minimum absolute atomic E-state index is 0.782. The van der Waals surface area contributed by atoms with Gasteiger partial charge in [0.05, 0.1) is 0 Å². The predicted octanol–water partition coefficient (Wildman–Crippen LogP) is 2.05. The number of benzene rings is 1. The number of aromatic nitrogens is 4. The molecule has 0 unspecified atom stereocenters. The van der Waals surface area contributed by atoms with Crippen LogP contribution in [0.25, 0.3) is 11.0 Å². The van der Waals surface area contributed by atoms with E-state index in [0.717, 1.165) is 80.0 Å². The molecule has 29 heavy (non-hydrogen) atoms. The molecule has 0 atom stereocenters. The van der Waals surface area contributed by atoms with Gasteiger partial charge in [0.2, 0.25) is 0 Å². The Morgan fingerprint density at radius 3 is 2.41 bits per heavy atom. The van der Waals surface area contributed by atoms with Gasteiger partial charge in [-0.25, -0.2) is 9.97 Å². The highest BCUT2D eigenvalue weighted by molar-refractivity contribution is 6.30. The van der Waals surface area contributed by atoms with Crippen LogP contribution in [0.1, 0.15) is 5.56 Å². The van der Waals surface area contributed by atoms with E-state index in [0.29, 0.717) is 0 Å². The number of rotatable bonds is 3. The van der Waals surface area contributed by atoms with Crippen LogP contribution in [0.5, 0.6) is 0 Å². The number of piperazine rings is 2. The van der Waals surface area contributed by atoms with E-state index in [1.54, 1.807) is 6.33 Å². The van der Waals surface area contributed by atoms with Crippen LogP contribution < -0.4 is 20.0 Å². The topological polar surface area (TPSA) is 76.2 Å². The van der Waals surface area contributed by atoms with Crippen molar-refractivity contribution in [1.29, 1.82) is 0 Å². The summed E-state index contributed by atoms with van der Waals surface area (Å²) in [5.74, 6) is 1.94. The number of aryl methyl sites for hydroxylation is 1. The smallest absolute Gasteiger partial charge is 0.163 e. The normalized spacial score (nSPS) is 17.9. The molecule has 4 heterocycles. The molecule has 3 aromatic rings. The van der Waals surface area contributed by atoms with Crippen LogP contribution in [0.3, 0.4) is 0 Å². The Hall–Kier alpha value is -2.58. The molecule has 0 radical (unpaired) electrons. The van der Waals surface area contributed by atoms with Crippen molar-refractivity contribution in [3.63, 3.8) is 0 Å². The van der Waals surface area contributed by atoms with Crippen molar-refractivity contribution in [1.82, 2.24) is 25.5 Å². The zero-order valence-corrected chi connectivity index (χ0v) is 17.3. The van der Waals surface area contributed by atoms with Crippen molar-refractivity contribution in [3.05, 3.63) is 35.1 Å². The van der Waals surface area contributed by atoms with Crippen LogP contribution in [0, 0.1) is 6.92 Å². The first-order chi connectivity index (χ1) is 14.2. The quantitative estimate of drug-likeness (QED) is 0.681. The van der Waals surface area contributed by atoms with Crippen molar-refractivity contribution >= 4 is 40.0 Å². The lowest BCUT2D eigenvalue weighted by Gasteiger charge is -2.37. The summed E-state index contributed by atoms with van der Waals surface area (Å²) in [6.45, 7) is 9.59. The summed E-state index contributed by atoms with van der Waals surface area (Å²) in [4.78, 5) is 16.1. The molecule has 2 N–H and O–H groups in total. The van der Waals surface area contributed by atoms with Crippen LogP contribution in [0.2, 0.25) is 5.02 Å². The molecule has 0 spiro atoms. The highest BCUT2D eigenvalue weighted by atomic mass is 35.5. The summed E-state index contributed by atoms with van der Waals surface area (Å²) >= 11 is 6.23. The molecule has 0 saturated carbocycles. The summed E-state index contributed by atoms with van der Waals surface area (Å²) in [6.07, 6.45) is 1.63. The zero-order chi connectivity index (χ0) is 19.8. The highest BCUT2D eigenvalue weighted by Crippen LogP contribution is 2.32. The number of H-pyrrole nitrogens is 1. The average Bonchev–Trinajstić information content (AvgIpc) is 3.21. The van der Waals surface area contributed by atoms with Gasteiger partial charge in [0.15, 0.2) is 11.5 Å². The Labute approximate surface area is 174 Å². The molecule has 0 amide bonds. The van der Waals surface area contributed by atoms with E-state index in [4.69, 9.17) is 11.6 Å². The molecule has 9 heteroatoms. The third-order valence-electron chi connectivity index (χ3n) is 5.83. The predicted molar refractivity (Wildman–Crippen MR) is 117 cm³/mol. The first-order valence-electron chi connectivity index (χ1n) is 10.1. The van der Waals surface area contributed by atoms with Gasteiger partial charge in [0.1, 0.15) is 17.5 Å². The van der Waals surface area contributed by atoms with E-state index in [1.165, 1.54) is 11.3 Å². The van der Waals surface area contributed by atoms with Gasteiger partial charge in [-0.15, -0.1) is 0 Å². The van der Waals surface area contributed by atoms with Crippen LogP contribution in [-0.2, 0) is 0 Å². The number of nitrogens with one attached hydrogen (secondary N) is 2. The Morgan fingerprint density at radius 2 is 1.62 bits per heavy atom. The van der Waals surface area contributed by atoms with Crippen molar-refractivity contribution in [2.75, 3.05) is 67.1 Å². The van der Waals surface area contributed by atoms with Crippen LogP contribution >= 0.6 is 11.6 Å². The molecule has 2 aliphatic rings. The number of anilines is 3. The fraction of sp³-hybridized carbons (Fsp3) is 0.450. The maximum absolute atomic E-state index is 6.23. The van der Waals surface area contributed by atoms with Gasteiger partial charge in [-0.1, -0.05) is 17.7 Å². The standard InChI is InChI=1S/C20H25ClN8/c1-14-2-3-15(21)12-16(14)27-8-10-29(11-9-27)19-17-18(23-13-24-19)25-26-20(17)28-6-4-22-5-7-28/h2-3,12-13,22H,4-11H2,1H3,(H,23,24,25,26). The summed E-state index contributed by atoms with van der Waals surface area (Å²) in [6, 6.07) is 6.10. The summed E-state index contributed by atoms with van der Waals surface area (Å²) in [7, 11) is 0. The largest absolute Gasteiger partial charge is 0.368 e. The van der Waals surface area contributed by atoms with E-state index in [-0.39, 0.29) is 0 Å². The first kappa shape index (κ1) is 18.4. The fourth-order valence-electron chi connectivity index (χ4n) is 4.26. The number of halogens is 1. The Kier molecular flexibility index (Phi) is 4.89. The molecule has 2 aromatic heterocycles. The molecule has 0 aliphatic carbocycles. The lowest BCUT2D eigenvalue weighted by atomic mass is 10.1. The van der Waals surface area contributed by atoms with E-state index in [2.05, 4.69) is 59.2 Å². The lowest BCUT2D eigenvalue weighted by molar-refractivity contribution is 0.585. The molecule has 152 valence electrons. The molecular weight excluding hydrogens is 388 g/mol. The number of hydrogen-bond donors (Lipinski definition) is 2. The second-order valence-corrected chi connectivity index (χ2v) is 8.05. The van der Waals surface area contributed by atoms with Crippen LogP contribution in [-0.4, -0.2) is 72.5 Å². The van der Waals surface area contributed by atoms with Crippen molar-refractivity contribution in [2.45, 2.75) is 6.92 Å². The maximum Gasteiger partial charge on any atom is 0.163 e. The number of hydrogen-bond acceptors (Lipinski definition) is 7. The third-order valence-corrected chi connectivity index (χ3v) is 6.06. The summed E-state index contributed by atoms with van der Waals surface area (Å²) in [5.41, 5.74) is 3.27. The van der Waals surface area contributed by atoms with E-state index in [9.17, 15) is 0 Å². The molecule has 8 nitrogen and oxygen atoms in total. The minimum atomic E-state index is 0.782. The Balaban J connectivity index is 1.40. The van der Waals surface area contributed by atoms with Crippen molar-refractivity contribution in [3.8, 4) is 0 Å². The van der Waals surface area contributed by atoms with Gasteiger partial charge in [-0.3, -0.25) is 5.10 Å². The summed E-state index contributed by atoms with van der Waals surface area (Å²) in [5, 5.41) is 12.9. The van der Waals surface area contributed by atoms with E-state index >= 15 is 0 Å². The Morgan fingerprint density at radius 1 is 0.897 bits per heavy atom. The summed E-state index contributed by atoms with van der Waals surface area (Å²) < 4.78 is 0. The van der Waals surface area contributed by atoms with Crippen molar-refractivity contribution < 1.29 is 0 Å². The molecule has 2 fully saturated rings. The SMILES string of the molecule is Cc1ccc(Cl)cc1N1CCN(c2ncnc3[nH]nc(N4CCNCC4)c23)CC1. The number of aromatic amines is 1. The highest BCUT2D eigenvalue weighted by Gasteiger charge is 2.25. The molecule has 2 saturated heterocycles. The molecule has 1 aromatic carbocycles. The first-order valence-corrected chi connectivity index (χ1v) is 10.5. The monoisotopic (exact) mass is 412 g/mol. The van der Waals surface area contributed by atoms with Crippen molar-refractivity contribution in [2.24, 2.45) is 0 Å². The van der Waals surface area contributed by atoms with Gasteiger partial charge in [-0.2, -0.15) is 5.10 Å². The fourth-order valence-corrected chi connectivity index (χ4v) is 4.42. The van der Waals surface area contributed by atoms with Gasteiger partial charge in [-0.05, 0) is 24.6 Å². The molecule has 2 aliphatic heterocycles. The molecule has 5 rings (SSSR count). The second-order valence-electron chi connectivity index (χ2n) is 7.61. The lowest BCUT2D eigenvalue weighted by Crippen LogP contribution is -2.47. The van der Waals surface area contributed by atoms with E-state index in [1.807, 2.05) is 6.07 Å². The molecular formula is C20H25ClN8. The second kappa shape index (κ2) is 7.68.